The number of amides is 1. The lowest BCUT2D eigenvalue weighted by Gasteiger charge is -2.18. The van der Waals surface area contributed by atoms with Crippen molar-refractivity contribution in [2.45, 2.75) is 13.8 Å². The van der Waals surface area contributed by atoms with E-state index in [1.165, 1.54) is 16.2 Å². The molecule has 0 aromatic carbocycles. The fraction of sp³-hybridized carbons (Fsp3) is 0.500. The SMILES string of the molecule is CCOC(=O)CN(CC)C(=O)c1cc(OC)cs1. The number of methoxy groups -OCH3 is 1. The molecule has 0 spiro atoms. The van der Waals surface area contributed by atoms with E-state index < -0.39 is 5.97 Å². The minimum atomic E-state index is -0.392. The summed E-state index contributed by atoms with van der Waals surface area (Å²) >= 11 is 1.30. The molecule has 1 amide bonds. The second-order valence-corrected chi connectivity index (χ2v) is 4.39. The Morgan fingerprint density at radius 1 is 1.39 bits per heavy atom. The van der Waals surface area contributed by atoms with Crippen molar-refractivity contribution >= 4 is 23.2 Å². The molecule has 1 aromatic rings. The number of thiophene rings is 1. The number of ether oxygens (including phenoxy) is 2. The van der Waals surface area contributed by atoms with E-state index in [2.05, 4.69) is 0 Å². The topological polar surface area (TPSA) is 55.8 Å². The van der Waals surface area contributed by atoms with E-state index in [0.29, 0.717) is 23.8 Å². The maximum Gasteiger partial charge on any atom is 0.325 e. The predicted molar refractivity (Wildman–Crippen MR) is 69.1 cm³/mol. The first-order valence-electron chi connectivity index (χ1n) is 5.69. The molecule has 1 heterocycles. The van der Waals surface area contributed by atoms with Crippen molar-refractivity contribution in [1.82, 2.24) is 4.90 Å². The molecular formula is C12H17NO4S. The molecule has 0 unspecified atom stereocenters. The Bertz CT molecular complexity index is 416. The average molecular weight is 271 g/mol. The molecular weight excluding hydrogens is 254 g/mol. The third-order valence-electron chi connectivity index (χ3n) is 2.32. The smallest absolute Gasteiger partial charge is 0.325 e. The molecule has 18 heavy (non-hydrogen) atoms. The van der Waals surface area contributed by atoms with Gasteiger partial charge in [-0.25, -0.2) is 0 Å². The van der Waals surface area contributed by atoms with E-state index in [1.54, 1.807) is 25.5 Å². The first-order valence-corrected chi connectivity index (χ1v) is 6.57. The Morgan fingerprint density at radius 2 is 2.11 bits per heavy atom. The molecule has 5 nitrogen and oxygen atoms in total. The summed E-state index contributed by atoms with van der Waals surface area (Å²) in [4.78, 5) is 25.5. The van der Waals surface area contributed by atoms with Crippen LogP contribution in [0.2, 0.25) is 0 Å². The molecule has 0 bridgehead atoms. The third kappa shape index (κ3) is 3.73. The maximum absolute atomic E-state index is 12.1. The van der Waals surface area contributed by atoms with E-state index in [1.807, 2.05) is 6.92 Å². The third-order valence-corrected chi connectivity index (χ3v) is 3.21. The molecule has 0 fully saturated rings. The lowest BCUT2D eigenvalue weighted by atomic mass is 10.3. The predicted octanol–water partition coefficient (Wildman–Crippen LogP) is 1.78. The second kappa shape index (κ2) is 7.00. The number of rotatable bonds is 6. The van der Waals surface area contributed by atoms with Gasteiger partial charge in [0.05, 0.1) is 18.6 Å². The summed E-state index contributed by atoms with van der Waals surface area (Å²) in [5.74, 6) is 0.0746. The van der Waals surface area contributed by atoms with Gasteiger partial charge in [0.25, 0.3) is 5.91 Å². The van der Waals surface area contributed by atoms with E-state index in [0.717, 1.165) is 0 Å². The van der Waals surface area contributed by atoms with Crippen LogP contribution in [0, 0.1) is 0 Å². The molecule has 0 aliphatic heterocycles. The Kier molecular flexibility index (Phi) is 5.64. The van der Waals surface area contributed by atoms with E-state index in [-0.39, 0.29) is 12.5 Å². The van der Waals surface area contributed by atoms with Crippen LogP contribution in [0.15, 0.2) is 11.4 Å². The molecule has 0 aliphatic carbocycles. The van der Waals surface area contributed by atoms with Gasteiger partial charge >= 0.3 is 5.97 Å². The van der Waals surface area contributed by atoms with Crippen LogP contribution < -0.4 is 4.74 Å². The zero-order valence-electron chi connectivity index (χ0n) is 10.8. The molecule has 0 saturated carbocycles. The fourth-order valence-electron chi connectivity index (χ4n) is 1.38. The summed E-state index contributed by atoms with van der Waals surface area (Å²) in [5, 5.41) is 1.76. The van der Waals surface area contributed by atoms with E-state index in [9.17, 15) is 9.59 Å². The van der Waals surface area contributed by atoms with Crippen molar-refractivity contribution < 1.29 is 19.1 Å². The van der Waals surface area contributed by atoms with Crippen LogP contribution in [-0.2, 0) is 9.53 Å². The number of carbonyl (C=O) groups is 2. The van der Waals surface area contributed by atoms with Gasteiger partial charge in [-0.15, -0.1) is 11.3 Å². The van der Waals surface area contributed by atoms with Crippen LogP contribution >= 0.6 is 11.3 Å². The highest BCUT2D eigenvalue weighted by Gasteiger charge is 2.19. The van der Waals surface area contributed by atoms with Gasteiger partial charge in [0.15, 0.2) is 0 Å². The van der Waals surface area contributed by atoms with Gasteiger partial charge in [-0.3, -0.25) is 9.59 Å². The molecule has 1 rings (SSSR count). The van der Waals surface area contributed by atoms with Gasteiger partial charge < -0.3 is 14.4 Å². The normalized spacial score (nSPS) is 9.94. The van der Waals surface area contributed by atoms with Crippen LogP contribution in [0.3, 0.4) is 0 Å². The Hall–Kier alpha value is -1.56. The number of nitrogens with zero attached hydrogens (tertiary/aromatic N) is 1. The quantitative estimate of drug-likeness (QED) is 0.740. The summed E-state index contributed by atoms with van der Waals surface area (Å²) in [7, 11) is 1.55. The highest BCUT2D eigenvalue weighted by atomic mass is 32.1. The fourth-order valence-corrected chi connectivity index (χ4v) is 2.21. The van der Waals surface area contributed by atoms with Gasteiger partial charge in [-0.2, -0.15) is 0 Å². The minimum absolute atomic E-state index is 0.0244. The van der Waals surface area contributed by atoms with Crippen molar-refractivity contribution in [2.24, 2.45) is 0 Å². The van der Waals surface area contributed by atoms with Gasteiger partial charge in [0, 0.05) is 18.0 Å². The Morgan fingerprint density at radius 3 is 2.61 bits per heavy atom. The highest BCUT2D eigenvalue weighted by Crippen LogP contribution is 2.22. The minimum Gasteiger partial charge on any atom is -0.496 e. The number of hydrogen-bond donors (Lipinski definition) is 0. The molecule has 1 aromatic heterocycles. The van der Waals surface area contributed by atoms with Crippen molar-refractivity contribution in [3.05, 3.63) is 16.3 Å². The van der Waals surface area contributed by atoms with Crippen molar-refractivity contribution in [1.29, 1.82) is 0 Å². The van der Waals surface area contributed by atoms with Crippen LogP contribution in [0.25, 0.3) is 0 Å². The van der Waals surface area contributed by atoms with Gasteiger partial charge in [0.1, 0.15) is 12.3 Å². The largest absolute Gasteiger partial charge is 0.496 e. The van der Waals surface area contributed by atoms with Gasteiger partial charge in [-0.1, -0.05) is 0 Å². The maximum atomic E-state index is 12.1. The first kappa shape index (κ1) is 14.5. The van der Waals surface area contributed by atoms with Crippen molar-refractivity contribution in [3.63, 3.8) is 0 Å². The monoisotopic (exact) mass is 271 g/mol. The van der Waals surface area contributed by atoms with Gasteiger partial charge in [0.2, 0.25) is 0 Å². The number of esters is 1. The van der Waals surface area contributed by atoms with Crippen LogP contribution in [0.5, 0.6) is 5.75 Å². The molecule has 0 aliphatic rings. The lowest BCUT2D eigenvalue weighted by molar-refractivity contribution is -0.143. The van der Waals surface area contributed by atoms with Crippen LogP contribution in [0.1, 0.15) is 23.5 Å². The molecule has 6 heteroatoms. The van der Waals surface area contributed by atoms with Crippen LogP contribution in [-0.4, -0.2) is 43.6 Å². The summed E-state index contributed by atoms with van der Waals surface area (Å²) in [6.07, 6.45) is 0. The second-order valence-electron chi connectivity index (χ2n) is 3.48. The number of hydrogen-bond acceptors (Lipinski definition) is 5. The van der Waals surface area contributed by atoms with E-state index in [4.69, 9.17) is 9.47 Å². The van der Waals surface area contributed by atoms with Gasteiger partial charge in [-0.05, 0) is 13.8 Å². The van der Waals surface area contributed by atoms with Crippen LogP contribution in [0.4, 0.5) is 0 Å². The molecule has 0 N–H and O–H groups in total. The summed E-state index contributed by atoms with van der Waals surface area (Å²) in [6.45, 7) is 4.31. The average Bonchev–Trinajstić information content (AvgIpc) is 2.84. The molecule has 0 radical (unpaired) electrons. The first-order chi connectivity index (χ1) is 8.62. The summed E-state index contributed by atoms with van der Waals surface area (Å²) in [5.41, 5.74) is 0. The Labute approximate surface area is 110 Å². The van der Waals surface area contributed by atoms with E-state index >= 15 is 0 Å². The molecule has 0 atom stereocenters. The Balaban J connectivity index is 2.69. The highest BCUT2D eigenvalue weighted by molar-refractivity contribution is 7.12. The summed E-state index contributed by atoms with van der Waals surface area (Å²) < 4.78 is 9.86. The van der Waals surface area contributed by atoms with Crippen molar-refractivity contribution in [3.8, 4) is 5.75 Å². The summed E-state index contributed by atoms with van der Waals surface area (Å²) in [6, 6.07) is 1.67. The molecule has 100 valence electrons. The standard InChI is InChI=1S/C12H17NO4S/c1-4-13(7-11(14)17-5-2)12(15)10-6-9(16-3)8-18-10/h6,8H,4-5,7H2,1-3H3. The zero-order valence-corrected chi connectivity index (χ0v) is 11.6. The number of carbonyl (C=O) groups excluding carboxylic acids is 2. The number of likely N-dealkylation sites (N-methyl/N-ethyl adjacent to an activating group) is 1. The van der Waals surface area contributed by atoms with Crippen molar-refractivity contribution in [2.75, 3.05) is 26.8 Å². The lowest BCUT2D eigenvalue weighted by Crippen LogP contribution is -2.35. The molecule has 0 saturated heterocycles. The zero-order chi connectivity index (χ0) is 13.5.